The number of rotatable bonds is 1. The van der Waals surface area contributed by atoms with E-state index in [-0.39, 0.29) is -0.565 Å². The summed E-state index contributed by atoms with van der Waals surface area (Å²) < 4.78 is 3.00. The minimum Gasteiger partial charge on any atom is -0.0494 e. The number of halogens is 6. The molecular formula is C3I6. The lowest BCUT2D eigenvalue weighted by atomic mass is 10.8. The molecule has 0 fully saturated rings. The first-order chi connectivity index (χ1) is 3.85. The fraction of sp³-hybridized carbons (Fsp3) is 0.333. The topological polar surface area (TPSA) is 0 Å². The highest BCUT2D eigenvalue weighted by Gasteiger charge is 2.23. The molecule has 0 radical (unpaired) electrons. The minimum absolute atomic E-state index is 0.242. The van der Waals surface area contributed by atoms with Crippen LogP contribution in [0.3, 0.4) is 0 Å². The molecule has 0 atom stereocenters. The van der Waals surface area contributed by atoms with Crippen molar-refractivity contribution in [1.82, 2.24) is 0 Å². The Balaban J connectivity index is 4.40. The van der Waals surface area contributed by atoms with Crippen LogP contribution in [0.2, 0.25) is 0 Å². The van der Waals surface area contributed by atoms with E-state index >= 15 is 0 Å². The zero-order valence-corrected chi connectivity index (χ0v) is 16.7. The van der Waals surface area contributed by atoms with Crippen LogP contribution < -0.4 is 0 Å². The number of allylic oxidation sites excluding steroid dienone is 1. The predicted octanol–water partition coefficient (Wildman–Crippen LogP) is 5.42. The predicted molar refractivity (Wildman–Crippen MR) is 93.9 cm³/mol. The minimum atomic E-state index is 0.242. The van der Waals surface area contributed by atoms with Crippen LogP contribution >= 0.6 is 136 Å². The molecule has 0 saturated carbocycles. The van der Waals surface area contributed by atoms with E-state index in [2.05, 4.69) is 136 Å². The molecule has 0 heterocycles. The van der Waals surface area contributed by atoms with Crippen LogP contribution in [-0.4, -0.2) is -0.565 Å². The highest BCUT2D eigenvalue weighted by Crippen LogP contribution is 2.49. The van der Waals surface area contributed by atoms with E-state index in [4.69, 9.17) is 0 Å². The molecule has 0 aromatic carbocycles. The maximum Gasteiger partial charge on any atom is 0.156 e. The molecule has 0 aliphatic carbocycles. The van der Waals surface area contributed by atoms with Gasteiger partial charge < -0.3 is 0 Å². The molecule has 0 N–H and O–H groups in total. The van der Waals surface area contributed by atoms with Gasteiger partial charge in [-0.2, -0.15) is 0 Å². The summed E-state index contributed by atoms with van der Waals surface area (Å²) in [6, 6.07) is 0. The SMILES string of the molecule is IC(I)=C(I)C(I)(I)I. The molecule has 0 unspecified atom stereocenters. The molecule has 0 rings (SSSR count). The third-order valence-electron chi connectivity index (χ3n) is 0.415. The summed E-state index contributed by atoms with van der Waals surface area (Å²) in [5.41, 5.74) is 0. The summed E-state index contributed by atoms with van der Waals surface area (Å²) in [6.07, 6.45) is 0. The molecule has 0 aliphatic rings. The van der Waals surface area contributed by atoms with Crippen LogP contribution in [0, 0.1) is 0 Å². The van der Waals surface area contributed by atoms with Crippen LogP contribution in [-0.2, 0) is 0 Å². The van der Waals surface area contributed by atoms with Gasteiger partial charge in [0.25, 0.3) is 0 Å². The number of hydrogen-bond donors (Lipinski definition) is 0. The molecule has 0 spiro atoms. The van der Waals surface area contributed by atoms with Crippen molar-refractivity contribution < 1.29 is 0 Å². The second kappa shape index (κ2) is 5.77. The second-order valence-electron chi connectivity index (χ2n) is 1.07. The van der Waals surface area contributed by atoms with E-state index in [9.17, 15) is 0 Å². The molecule has 9 heavy (non-hydrogen) atoms. The first-order valence-electron chi connectivity index (χ1n) is 1.63. The van der Waals surface area contributed by atoms with Gasteiger partial charge in [0, 0.05) is 3.58 Å². The highest BCUT2D eigenvalue weighted by atomic mass is 127. The van der Waals surface area contributed by atoms with Gasteiger partial charge in [0.1, 0.15) is 0 Å². The summed E-state index contributed by atoms with van der Waals surface area (Å²) in [4.78, 5) is 0. The lowest BCUT2D eigenvalue weighted by Crippen LogP contribution is -1.96. The standard InChI is InChI=1S/C3I6/c4-1(2(5)6)3(7,8)9. The molecule has 0 saturated heterocycles. The Kier molecular flexibility index (Phi) is 8.41. The van der Waals surface area contributed by atoms with Gasteiger partial charge in [0.2, 0.25) is 0 Å². The summed E-state index contributed by atoms with van der Waals surface area (Å²) in [7, 11) is 0. The smallest absolute Gasteiger partial charge is 0.0494 e. The zero-order valence-electron chi connectivity index (χ0n) is 3.77. The lowest BCUT2D eigenvalue weighted by molar-refractivity contribution is 1.75. The normalized spacial score (nSPS) is 11.3. The van der Waals surface area contributed by atoms with Crippen LogP contribution in [0.1, 0.15) is 0 Å². The van der Waals surface area contributed by atoms with Crippen molar-refractivity contribution in [2.75, 3.05) is 0 Å². The van der Waals surface area contributed by atoms with E-state index in [0.717, 1.165) is 0 Å². The van der Waals surface area contributed by atoms with E-state index in [1.807, 2.05) is 0 Å². The number of hydrogen-bond acceptors (Lipinski definition) is 0. The fourth-order valence-electron chi connectivity index (χ4n) is 0.107. The van der Waals surface area contributed by atoms with E-state index in [0.29, 0.717) is 0 Å². The lowest BCUT2D eigenvalue weighted by Gasteiger charge is -2.10. The molecule has 0 aromatic rings. The number of alkyl halides is 3. The third-order valence-corrected chi connectivity index (χ3v) is 9.62. The average molecular weight is 797 g/mol. The quantitative estimate of drug-likeness (QED) is 0.246. The third kappa shape index (κ3) is 6.23. The van der Waals surface area contributed by atoms with Gasteiger partial charge >= 0.3 is 0 Å². The largest absolute Gasteiger partial charge is 0.156 e. The van der Waals surface area contributed by atoms with Gasteiger partial charge in [-0.25, -0.2) is 0 Å². The fourth-order valence-corrected chi connectivity index (χ4v) is 4.82. The molecule has 0 aliphatic heterocycles. The van der Waals surface area contributed by atoms with Crippen LogP contribution in [0.15, 0.2) is 5.17 Å². The van der Waals surface area contributed by atoms with Gasteiger partial charge in [0.15, 0.2) is -0.565 Å². The van der Waals surface area contributed by atoms with Gasteiger partial charge in [-0.1, -0.05) is 0 Å². The Morgan fingerprint density at radius 3 is 1.22 bits per heavy atom. The first kappa shape index (κ1) is 13.1. The van der Waals surface area contributed by atoms with Crippen molar-refractivity contribution in [2.45, 2.75) is -0.565 Å². The molecule has 54 valence electrons. The van der Waals surface area contributed by atoms with E-state index < -0.39 is 0 Å². The summed E-state index contributed by atoms with van der Waals surface area (Å²) >= 11 is 14.3. The van der Waals surface area contributed by atoms with Gasteiger partial charge in [-0.3, -0.25) is 0 Å². The molecule has 0 amide bonds. The molecule has 6 heteroatoms. The van der Waals surface area contributed by atoms with Gasteiger partial charge in [-0.05, 0) is 136 Å². The van der Waals surface area contributed by atoms with Crippen molar-refractivity contribution >= 4 is 136 Å². The van der Waals surface area contributed by atoms with Crippen molar-refractivity contribution in [3.63, 3.8) is 0 Å². The van der Waals surface area contributed by atoms with Gasteiger partial charge in [0.05, 0.1) is 1.59 Å². The highest BCUT2D eigenvalue weighted by molar-refractivity contribution is 14.3. The molecule has 0 bridgehead atoms. The Labute approximate surface area is 136 Å². The van der Waals surface area contributed by atoms with E-state index in [1.165, 1.54) is 5.17 Å². The summed E-state index contributed by atoms with van der Waals surface area (Å²) in [6.45, 7) is 0. The zero-order chi connectivity index (χ0) is 7.65. The Morgan fingerprint density at radius 1 is 0.889 bits per heavy atom. The summed E-state index contributed by atoms with van der Waals surface area (Å²) in [5.74, 6) is 0. The molecular weight excluding hydrogens is 797 g/mol. The van der Waals surface area contributed by atoms with Crippen LogP contribution in [0.25, 0.3) is 0 Å². The maximum absolute atomic E-state index is 2.42. The van der Waals surface area contributed by atoms with Gasteiger partial charge in [-0.15, -0.1) is 0 Å². The van der Waals surface area contributed by atoms with Crippen molar-refractivity contribution in [2.24, 2.45) is 0 Å². The van der Waals surface area contributed by atoms with E-state index in [1.54, 1.807) is 0 Å². The Morgan fingerprint density at radius 2 is 1.22 bits per heavy atom. The average Bonchev–Trinajstić information content (AvgIpc) is 1.62. The monoisotopic (exact) mass is 797 g/mol. The Hall–Kier alpha value is 4.12. The van der Waals surface area contributed by atoms with Crippen LogP contribution in [0.5, 0.6) is 0 Å². The van der Waals surface area contributed by atoms with Crippen molar-refractivity contribution in [1.29, 1.82) is 0 Å². The van der Waals surface area contributed by atoms with Crippen molar-refractivity contribution in [3.8, 4) is 0 Å². The first-order valence-corrected chi connectivity index (χ1v) is 8.11. The maximum atomic E-state index is 2.42. The summed E-state index contributed by atoms with van der Waals surface area (Å²) in [5, 5.41) is 0. The molecule has 0 nitrogen and oxygen atoms in total. The second-order valence-corrected chi connectivity index (χ2v) is 17.4. The van der Waals surface area contributed by atoms with Crippen molar-refractivity contribution in [3.05, 3.63) is 5.17 Å². The van der Waals surface area contributed by atoms with Crippen LogP contribution in [0.4, 0.5) is 0 Å². The Bertz CT molecular complexity index is 126. The molecule has 0 aromatic heterocycles.